The second-order valence-electron chi connectivity index (χ2n) is 4.60. The minimum Gasteiger partial charge on any atom is -0.466 e. The fraction of sp³-hybridized carbons (Fsp3) is 0.500. The number of β-amino-alcohol motifs (C(OH)–C–C–N with tert-alkyl or cyclic N) is 1. The number of carbonyl (C=O) groups excluding carboxylic acids is 1. The van der Waals surface area contributed by atoms with Crippen molar-refractivity contribution in [1.29, 1.82) is 0 Å². The molecule has 1 aliphatic heterocycles. The SMILES string of the molecule is CCOC(=O)CC(O)CN1Cc2ccccc2C1. The largest absolute Gasteiger partial charge is 0.466 e. The van der Waals surface area contributed by atoms with Crippen LogP contribution in [-0.4, -0.2) is 35.2 Å². The van der Waals surface area contributed by atoms with E-state index < -0.39 is 6.10 Å². The van der Waals surface area contributed by atoms with E-state index >= 15 is 0 Å². The highest BCUT2D eigenvalue weighted by atomic mass is 16.5. The number of nitrogens with zero attached hydrogens (tertiary/aromatic N) is 1. The predicted octanol–water partition coefficient (Wildman–Crippen LogP) is 1.32. The molecular weight excluding hydrogens is 230 g/mol. The number of hydrogen-bond donors (Lipinski definition) is 1. The van der Waals surface area contributed by atoms with Crippen LogP contribution in [-0.2, 0) is 22.6 Å². The van der Waals surface area contributed by atoms with Gasteiger partial charge in [-0.25, -0.2) is 0 Å². The van der Waals surface area contributed by atoms with Gasteiger partial charge in [-0.1, -0.05) is 24.3 Å². The van der Waals surface area contributed by atoms with Crippen molar-refractivity contribution >= 4 is 5.97 Å². The van der Waals surface area contributed by atoms with Crippen LogP contribution in [0.1, 0.15) is 24.5 Å². The Balaban J connectivity index is 1.80. The molecule has 0 amide bonds. The highest BCUT2D eigenvalue weighted by Crippen LogP contribution is 2.22. The molecule has 0 aliphatic carbocycles. The van der Waals surface area contributed by atoms with Gasteiger partial charge in [0.15, 0.2) is 0 Å². The standard InChI is InChI=1S/C14H19NO3/c1-2-18-14(17)7-13(16)10-15-8-11-5-3-4-6-12(11)9-15/h3-6,13,16H,2,7-10H2,1H3. The first-order valence-electron chi connectivity index (χ1n) is 6.32. The molecule has 1 aliphatic rings. The zero-order valence-electron chi connectivity index (χ0n) is 10.6. The monoisotopic (exact) mass is 249 g/mol. The summed E-state index contributed by atoms with van der Waals surface area (Å²) in [5.41, 5.74) is 2.61. The van der Waals surface area contributed by atoms with Gasteiger partial charge in [0.1, 0.15) is 0 Å². The molecule has 2 rings (SSSR count). The van der Waals surface area contributed by atoms with Crippen molar-refractivity contribution in [2.75, 3.05) is 13.2 Å². The van der Waals surface area contributed by atoms with Gasteiger partial charge in [0.05, 0.1) is 19.1 Å². The van der Waals surface area contributed by atoms with Crippen molar-refractivity contribution < 1.29 is 14.6 Å². The maximum atomic E-state index is 11.2. The lowest BCUT2D eigenvalue weighted by atomic mass is 10.1. The highest BCUT2D eigenvalue weighted by Gasteiger charge is 2.21. The van der Waals surface area contributed by atoms with Crippen LogP contribution >= 0.6 is 0 Å². The first kappa shape index (κ1) is 13.1. The molecule has 0 fully saturated rings. The van der Waals surface area contributed by atoms with Crippen molar-refractivity contribution in [1.82, 2.24) is 4.90 Å². The molecule has 98 valence electrons. The molecule has 0 aromatic heterocycles. The molecule has 4 heteroatoms. The topological polar surface area (TPSA) is 49.8 Å². The van der Waals surface area contributed by atoms with Crippen molar-refractivity contribution in [3.05, 3.63) is 35.4 Å². The number of esters is 1. The molecule has 0 bridgehead atoms. The Morgan fingerprint density at radius 1 is 1.39 bits per heavy atom. The van der Waals surface area contributed by atoms with E-state index in [9.17, 15) is 9.90 Å². The van der Waals surface area contributed by atoms with Crippen LogP contribution in [0, 0.1) is 0 Å². The Labute approximate surface area is 107 Å². The summed E-state index contributed by atoms with van der Waals surface area (Å²) >= 11 is 0. The van der Waals surface area contributed by atoms with Crippen molar-refractivity contribution in [2.45, 2.75) is 32.5 Å². The van der Waals surface area contributed by atoms with Gasteiger partial charge in [0.25, 0.3) is 0 Å². The van der Waals surface area contributed by atoms with E-state index in [1.165, 1.54) is 11.1 Å². The average molecular weight is 249 g/mol. The van der Waals surface area contributed by atoms with Gasteiger partial charge in [-0.15, -0.1) is 0 Å². The summed E-state index contributed by atoms with van der Waals surface area (Å²) in [7, 11) is 0. The van der Waals surface area contributed by atoms with Crippen LogP contribution in [0.3, 0.4) is 0 Å². The summed E-state index contributed by atoms with van der Waals surface area (Å²) in [4.78, 5) is 13.4. The number of fused-ring (bicyclic) bond motifs is 1. The number of carbonyl (C=O) groups is 1. The molecule has 1 N–H and O–H groups in total. The van der Waals surface area contributed by atoms with E-state index in [0.717, 1.165) is 13.1 Å². The normalized spacial score (nSPS) is 16.3. The van der Waals surface area contributed by atoms with E-state index in [0.29, 0.717) is 13.2 Å². The molecule has 0 radical (unpaired) electrons. The van der Waals surface area contributed by atoms with Crippen molar-refractivity contribution in [2.24, 2.45) is 0 Å². The lowest BCUT2D eigenvalue weighted by Gasteiger charge is -2.18. The van der Waals surface area contributed by atoms with E-state index in [4.69, 9.17) is 4.74 Å². The average Bonchev–Trinajstić information content (AvgIpc) is 2.70. The number of aliphatic hydroxyl groups is 1. The second kappa shape index (κ2) is 5.98. The summed E-state index contributed by atoms with van der Waals surface area (Å²) < 4.78 is 4.82. The Bertz CT molecular complexity index is 394. The van der Waals surface area contributed by atoms with Crippen LogP contribution in [0.2, 0.25) is 0 Å². The Hall–Kier alpha value is -1.39. The number of ether oxygens (including phenoxy) is 1. The van der Waals surface area contributed by atoms with Gasteiger partial charge in [0.2, 0.25) is 0 Å². The second-order valence-corrected chi connectivity index (χ2v) is 4.60. The van der Waals surface area contributed by atoms with Gasteiger partial charge in [-0.2, -0.15) is 0 Å². The Kier molecular flexibility index (Phi) is 4.33. The maximum absolute atomic E-state index is 11.2. The minimum absolute atomic E-state index is 0.0701. The third-order valence-corrected chi connectivity index (χ3v) is 3.08. The third kappa shape index (κ3) is 3.31. The molecule has 0 saturated heterocycles. The lowest BCUT2D eigenvalue weighted by Crippen LogP contribution is -2.30. The smallest absolute Gasteiger partial charge is 0.308 e. The summed E-state index contributed by atoms with van der Waals surface area (Å²) in [5, 5.41) is 9.84. The lowest BCUT2D eigenvalue weighted by molar-refractivity contribution is -0.145. The summed E-state index contributed by atoms with van der Waals surface area (Å²) in [6.07, 6.45) is -0.584. The number of rotatable bonds is 5. The van der Waals surface area contributed by atoms with Crippen LogP contribution in [0.4, 0.5) is 0 Å². The van der Waals surface area contributed by atoms with Gasteiger partial charge >= 0.3 is 5.97 Å². The first-order chi connectivity index (χ1) is 8.69. The number of hydrogen-bond acceptors (Lipinski definition) is 4. The molecule has 1 atom stereocenters. The Morgan fingerprint density at radius 3 is 2.56 bits per heavy atom. The van der Waals surface area contributed by atoms with Crippen molar-refractivity contribution in [3.8, 4) is 0 Å². The van der Waals surface area contributed by atoms with E-state index in [2.05, 4.69) is 17.0 Å². The van der Waals surface area contributed by atoms with E-state index in [1.54, 1.807) is 6.92 Å². The van der Waals surface area contributed by atoms with Crippen LogP contribution in [0.25, 0.3) is 0 Å². The van der Waals surface area contributed by atoms with Gasteiger partial charge in [-0.3, -0.25) is 9.69 Å². The fourth-order valence-electron chi connectivity index (χ4n) is 2.31. The van der Waals surface area contributed by atoms with Crippen LogP contribution < -0.4 is 0 Å². The van der Waals surface area contributed by atoms with Crippen LogP contribution in [0.15, 0.2) is 24.3 Å². The van der Waals surface area contributed by atoms with Crippen molar-refractivity contribution in [3.63, 3.8) is 0 Å². The molecular formula is C14H19NO3. The third-order valence-electron chi connectivity index (χ3n) is 3.08. The molecule has 1 aromatic carbocycles. The zero-order valence-corrected chi connectivity index (χ0v) is 10.6. The maximum Gasteiger partial charge on any atom is 0.308 e. The van der Waals surface area contributed by atoms with Gasteiger partial charge < -0.3 is 9.84 Å². The van der Waals surface area contributed by atoms with Gasteiger partial charge in [-0.05, 0) is 18.1 Å². The molecule has 0 saturated carbocycles. The zero-order chi connectivity index (χ0) is 13.0. The first-order valence-corrected chi connectivity index (χ1v) is 6.32. The van der Waals surface area contributed by atoms with Gasteiger partial charge in [0, 0.05) is 19.6 Å². The number of aliphatic hydroxyl groups excluding tert-OH is 1. The molecule has 1 aromatic rings. The summed E-state index contributed by atoms with van der Waals surface area (Å²) in [6, 6.07) is 8.26. The van der Waals surface area contributed by atoms with E-state index in [-0.39, 0.29) is 12.4 Å². The fourth-order valence-corrected chi connectivity index (χ4v) is 2.31. The quantitative estimate of drug-likeness (QED) is 0.800. The van der Waals surface area contributed by atoms with Crippen LogP contribution in [0.5, 0.6) is 0 Å². The van der Waals surface area contributed by atoms with E-state index in [1.807, 2.05) is 12.1 Å². The predicted molar refractivity (Wildman–Crippen MR) is 67.8 cm³/mol. The molecule has 0 spiro atoms. The highest BCUT2D eigenvalue weighted by molar-refractivity contribution is 5.69. The minimum atomic E-state index is -0.654. The molecule has 4 nitrogen and oxygen atoms in total. The molecule has 1 heterocycles. The molecule has 1 unspecified atom stereocenters. The number of benzene rings is 1. The summed E-state index contributed by atoms with van der Waals surface area (Å²) in [6.45, 7) is 4.32. The molecule has 18 heavy (non-hydrogen) atoms. The summed E-state index contributed by atoms with van der Waals surface area (Å²) in [5.74, 6) is -0.332. The Morgan fingerprint density at radius 2 is 2.00 bits per heavy atom.